The minimum Gasteiger partial charge on any atom is -0.487 e. The first-order chi connectivity index (χ1) is 17.5. The van der Waals surface area contributed by atoms with Gasteiger partial charge in [0.05, 0.1) is 24.8 Å². The number of carbonyl (C=O) groups is 2. The Kier molecular flexibility index (Phi) is 7.38. The highest BCUT2D eigenvalue weighted by atomic mass is 19.1. The normalized spacial score (nSPS) is 25.3. The summed E-state index contributed by atoms with van der Waals surface area (Å²) >= 11 is 0. The van der Waals surface area contributed by atoms with E-state index < -0.39 is 18.0 Å². The zero-order chi connectivity index (χ0) is 25.1. The predicted octanol–water partition coefficient (Wildman–Crippen LogP) is 4.30. The van der Waals surface area contributed by atoms with Gasteiger partial charge in [0, 0.05) is 23.2 Å². The second kappa shape index (κ2) is 10.8. The highest BCUT2D eigenvalue weighted by Gasteiger charge is 2.46. The maximum absolute atomic E-state index is 13.9. The number of halogens is 1. The van der Waals surface area contributed by atoms with Crippen molar-refractivity contribution in [3.63, 3.8) is 0 Å². The summed E-state index contributed by atoms with van der Waals surface area (Å²) in [5, 5.41) is 18.4. The van der Waals surface area contributed by atoms with E-state index in [4.69, 9.17) is 9.47 Å². The Labute approximate surface area is 209 Å². The number of ether oxygens (including phenoxy) is 2. The van der Waals surface area contributed by atoms with Gasteiger partial charge < -0.3 is 30.5 Å². The van der Waals surface area contributed by atoms with Crippen molar-refractivity contribution in [1.29, 1.82) is 0 Å². The van der Waals surface area contributed by atoms with E-state index in [2.05, 4.69) is 16.0 Å². The third-order valence-electron chi connectivity index (χ3n) is 7.26. The summed E-state index contributed by atoms with van der Waals surface area (Å²) in [5.41, 5.74) is 1.51. The first-order valence-electron chi connectivity index (χ1n) is 12.7. The number of urea groups is 1. The fourth-order valence-electron chi connectivity index (χ4n) is 5.55. The van der Waals surface area contributed by atoms with Crippen molar-refractivity contribution in [2.24, 2.45) is 0 Å². The number of aliphatic hydroxyl groups excluding tert-OH is 1. The van der Waals surface area contributed by atoms with Crippen LogP contribution in [0.5, 0.6) is 5.75 Å². The van der Waals surface area contributed by atoms with Crippen molar-refractivity contribution < 1.29 is 28.6 Å². The molecule has 2 heterocycles. The molecule has 3 aliphatic rings. The Bertz CT molecular complexity index is 1110. The summed E-state index contributed by atoms with van der Waals surface area (Å²) in [6.07, 6.45) is 5.07. The van der Waals surface area contributed by atoms with E-state index in [0.29, 0.717) is 17.9 Å². The van der Waals surface area contributed by atoms with Gasteiger partial charge in [0.15, 0.2) is 0 Å². The van der Waals surface area contributed by atoms with Crippen LogP contribution in [0.15, 0.2) is 42.5 Å². The Morgan fingerprint density at radius 3 is 2.64 bits per heavy atom. The number of anilines is 2. The molecule has 1 aliphatic carbocycles. The number of aliphatic hydroxyl groups is 1. The van der Waals surface area contributed by atoms with Gasteiger partial charge in [-0.1, -0.05) is 31.4 Å². The standard InChI is InChI=1S/C27H32FN3O5/c28-21-8-4-5-9-22(21)31-27(34)30-17-10-11-23-19(12-17)20-13-18(35-24(15-32)26(20)36-23)14-25(33)29-16-6-2-1-3-7-16/h4-5,8-12,16,18,20,24,26,32H,1-3,6-7,13-15H2,(H,29,33)(H2,30,31,34)/t18-,20-,24+,26+/m1/s1. The summed E-state index contributed by atoms with van der Waals surface area (Å²) in [7, 11) is 0. The van der Waals surface area contributed by atoms with E-state index >= 15 is 0 Å². The zero-order valence-electron chi connectivity index (χ0n) is 20.0. The highest BCUT2D eigenvalue weighted by molar-refractivity contribution is 5.99. The molecule has 1 saturated heterocycles. The summed E-state index contributed by atoms with van der Waals surface area (Å²) in [6.45, 7) is -0.216. The van der Waals surface area contributed by atoms with E-state index in [9.17, 15) is 19.1 Å². The molecule has 3 amide bonds. The molecular weight excluding hydrogens is 465 g/mol. The first kappa shape index (κ1) is 24.5. The van der Waals surface area contributed by atoms with Gasteiger partial charge in [-0.3, -0.25) is 4.79 Å². The van der Waals surface area contributed by atoms with Gasteiger partial charge in [0.1, 0.15) is 23.8 Å². The van der Waals surface area contributed by atoms with Crippen molar-refractivity contribution in [2.45, 2.75) is 75.2 Å². The summed E-state index contributed by atoms with van der Waals surface area (Å²) < 4.78 is 26.0. The average Bonchev–Trinajstić information content (AvgIpc) is 3.23. The molecular formula is C27H32FN3O5. The molecule has 2 aromatic rings. The molecule has 0 unspecified atom stereocenters. The summed E-state index contributed by atoms with van der Waals surface area (Å²) in [4.78, 5) is 25.1. The lowest BCUT2D eigenvalue weighted by atomic mass is 9.84. The number of nitrogens with one attached hydrogen (secondary N) is 3. The predicted molar refractivity (Wildman–Crippen MR) is 133 cm³/mol. The molecule has 36 heavy (non-hydrogen) atoms. The zero-order valence-corrected chi connectivity index (χ0v) is 20.0. The van der Waals surface area contributed by atoms with Crippen LogP contribution in [-0.2, 0) is 9.53 Å². The first-order valence-corrected chi connectivity index (χ1v) is 12.7. The molecule has 0 radical (unpaired) electrons. The Hall–Kier alpha value is -3.17. The van der Waals surface area contributed by atoms with E-state index in [1.165, 1.54) is 18.6 Å². The van der Waals surface area contributed by atoms with E-state index in [1.807, 2.05) is 6.07 Å². The van der Waals surface area contributed by atoms with Crippen LogP contribution in [0.2, 0.25) is 0 Å². The van der Waals surface area contributed by atoms with Gasteiger partial charge in [0.25, 0.3) is 0 Å². The number of para-hydroxylation sites is 1. The van der Waals surface area contributed by atoms with Gasteiger partial charge in [0.2, 0.25) is 5.91 Å². The molecule has 0 bridgehead atoms. The fourth-order valence-corrected chi connectivity index (χ4v) is 5.55. The second-order valence-corrected chi connectivity index (χ2v) is 9.82. The minimum absolute atomic E-state index is 0.0265. The average molecular weight is 498 g/mol. The van der Waals surface area contributed by atoms with Gasteiger partial charge in [-0.15, -0.1) is 0 Å². The second-order valence-electron chi connectivity index (χ2n) is 9.82. The maximum Gasteiger partial charge on any atom is 0.323 e. The largest absolute Gasteiger partial charge is 0.487 e. The van der Waals surface area contributed by atoms with Crippen molar-refractivity contribution in [3.8, 4) is 5.75 Å². The lowest BCUT2D eigenvalue weighted by molar-refractivity contribution is -0.142. The molecule has 9 heteroatoms. The molecule has 192 valence electrons. The van der Waals surface area contributed by atoms with Gasteiger partial charge in [-0.25, -0.2) is 9.18 Å². The van der Waals surface area contributed by atoms with Crippen LogP contribution in [0.3, 0.4) is 0 Å². The highest BCUT2D eigenvalue weighted by Crippen LogP contribution is 2.47. The number of benzene rings is 2. The number of amides is 3. The maximum atomic E-state index is 13.9. The Morgan fingerprint density at radius 1 is 1.06 bits per heavy atom. The molecule has 5 rings (SSSR count). The van der Waals surface area contributed by atoms with Gasteiger partial charge >= 0.3 is 6.03 Å². The SMILES string of the molecule is O=C(C[C@H]1C[C@@H]2c3cc(NC(=O)Nc4ccccc4F)ccc3O[C@@H]2[C@H](CO)O1)NC1CCCCC1. The van der Waals surface area contributed by atoms with Crippen molar-refractivity contribution >= 4 is 23.3 Å². The molecule has 0 aromatic heterocycles. The quantitative estimate of drug-likeness (QED) is 0.476. The monoisotopic (exact) mass is 497 g/mol. The lowest BCUT2D eigenvalue weighted by Gasteiger charge is -2.37. The molecule has 1 saturated carbocycles. The van der Waals surface area contributed by atoms with Crippen LogP contribution in [0.4, 0.5) is 20.6 Å². The summed E-state index contributed by atoms with van der Waals surface area (Å²) in [5.74, 6) is 0.0317. The number of hydrogen-bond acceptors (Lipinski definition) is 5. The van der Waals surface area contributed by atoms with Crippen LogP contribution >= 0.6 is 0 Å². The number of fused-ring (bicyclic) bond motifs is 3. The van der Waals surface area contributed by atoms with Crippen molar-refractivity contribution in [1.82, 2.24) is 5.32 Å². The molecule has 2 fully saturated rings. The third-order valence-corrected chi connectivity index (χ3v) is 7.26. The molecule has 2 aromatic carbocycles. The third kappa shape index (κ3) is 5.47. The molecule has 4 atom stereocenters. The lowest BCUT2D eigenvalue weighted by Crippen LogP contribution is -2.48. The van der Waals surface area contributed by atoms with Crippen molar-refractivity contribution in [2.75, 3.05) is 17.2 Å². The molecule has 2 aliphatic heterocycles. The van der Waals surface area contributed by atoms with Crippen LogP contribution in [0, 0.1) is 5.82 Å². The van der Waals surface area contributed by atoms with Crippen LogP contribution in [0.25, 0.3) is 0 Å². The summed E-state index contributed by atoms with van der Waals surface area (Å²) in [6, 6.07) is 10.9. The van der Waals surface area contributed by atoms with Crippen LogP contribution in [0.1, 0.15) is 56.4 Å². The minimum atomic E-state index is -0.562. The smallest absolute Gasteiger partial charge is 0.323 e. The Morgan fingerprint density at radius 2 is 1.86 bits per heavy atom. The number of carbonyl (C=O) groups excluding carboxylic acids is 2. The fraction of sp³-hybridized carbons (Fsp3) is 0.481. The van der Waals surface area contributed by atoms with E-state index in [1.54, 1.807) is 24.3 Å². The topological polar surface area (TPSA) is 109 Å². The van der Waals surface area contributed by atoms with Crippen molar-refractivity contribution in [3.05, 3.63) is 53.8 Å². The molecule has 0 spiro atoms. The van der Waals surface area contributed by atoms with E-state index in [-0.39, 0.29) is 48.8 Å². The van der Waals surface area contributed by atoms with Crippen LogP contribution < -0.4 is 20.7 Å². The van der Waals surface area contributed by atoms with Gasteiger partial charge in [-0.05, 0) is 49.6 Å². The Balaban J connectivity index is 1.25. The van der Waals surface area contributed by atoms with Gasteiger partial charge in [-0.2, -0.15) is 0 Å². The van der Waals surface area contributed by atoms with E-state index in [0.717, 1.165) is 31.2 Å². The van der Waals surface area contributed by atoms with Crippen LogP contribution in [-0.4, -0.2) is 48.0 Å². The number of rotatable bonds is 6. The number of hydrogen-bond donors (Lipinski definition) is 4. The molecule has 4 N–H and O–H groups in total. The molecule has 8 nitrogen and oxygen atoms in total.